The number of nitrogens with zero attached hydrogens (tertiary/aromatic N) is 1. The lowest BCUT2D eigenvalue weighted by Crippen LogP contribution is -2.43. The number of H-pyrrole nitrogens is 1. The largest absolute Gasteiger partial charge is 0.369 e. The van der Waals surface area contributed by atoms with Crippen molar-refractivity contribution in [2.45, 2.75) is 32.7 Å². The van der Waals surface area contributed by atoms with Crippen molar-refractivity contribution in [2.24, 2.45) is 5.73 Å². The van der Waals surface area contributed by atoms with Gasteiger partial charge in [-0.05, 0) is 48.2 Å². The highest BCUT2D eigenvalue weighted by molar-refractivity contribution is 6.02. The number of aromatic amines is 1. The van der Waals surface area contributed by atoms with E-state index in [9.17, 15) is 9.59 Å². The lowest BCUT2D eigenvalue weighted by Gasteiger charge is -2.35. The molecule has 0 saturated heterocycles. The van der Waals surface area contributed by atoms with Crippen LogP contribution in [0.15, 0.2) is 36.9 Å². The van der Waals surface area contributed by atoms with Crippen LogP contribution in [0.25, 0.3) is 22.0 Å². The summed E-state index contributed by atoms with van der Waals surface area (Å²) in [5, 5.41) is 0.438. The van der Waals surface area contributed by atoms with Crippen molar-refractivity contribution in [3.8, 4) is 11.1 Å². The number of halogens is 3. The molecule has 8 heteroatoms. The topological polar surface area (TPSA) is 79.2 Å². The number of nitrogens with two attached hydrogens (primary N) is 1. The molecule has 0 saturated carbocycles. The number of hydrogen-bond acceptors (Lipinski definition) is 2. The van der Waals surface area contributed by atoms with Crippen molar-refractivity contribution in [2.75, 3.05) is 6.54 Å². The molecular formula is C24H22F3N3O2. The van der Waals surface area contributed by atoms with Gasteiger partial charge in [-0.2, -0.15) is 8.78 Å². The molecule has 3 N–H and O–H groups in total. The minimum absolute atomic E-state index is 0.0285. The number of carbonyl (C=O) groups excluding carboxylic acids is 2. The fourth-order valence-electron chi connectivity index (χ4n) is 4.52. The van der Waals surface area contributed by atoms with Gasteiger partial charge in [-0.15, -0.1) is 0 Å². The first-order chi connectivity index (χ1) is 15.0. The van der Waals surface area contributed by atoms with E-state index in [1.54, 1.807) is 19.9 Å². The first kappa shape index (κ1) is 21.7. The molecule has 1 aliphatic heterocycles. The van der Waals surface area contributed by atoms with E-state index >= 15 is 13.2 Å². The lowest BCUT2D eigenvalue weighted by molar-refractivity contribution is -0.135. The van der Waals surface area contributed by atoms with Gasteiger partial charge in [0.1, 0.15) is 5.82 Å². The second-order valence-electron chi connectivity index (χ2n) is 8.10. The first-order valence-corrected chi connectivity index (χ1v) is 10.1. The number of fused-ring (bicyclic) bond motifs is 2. The Kier molecular flexibility index (Phi) is 5.11. The van der Waals surface area contributed by atoms with E-state index in [1.165, 1.54) is 18.2 Å². The van der Waals surface area contributed by atoms with E-state index in [0.29, 0.717) is 22.0 Å². The number of benzene rings is 2. The molecule has 0 aliphatic carbocycles. The van der Waals surface area contributed by atoms with Gasteiger partial charge in [0.05, 0.1) is 18.5 Å². The molecule has 2 amide bonds. The highest BCUT2D eigenvalue weighted by Crippen LogP contribution is 2.46. The Bertz CT molecular complexity index is 1290. The van der Waals surface area contributed by atoms with Crippen LogP contribution in [0.1, 0.15) is 27.9 Å². The van der Waals surface area contributed by atoms with E-state index < -0.39 is 30.1 Å². The van der Waals surface area contributed by atoms with Crippen LogP contribution >= 0.6 is 0 Å². The van der Waals surface area contributed by atoms with Gasteiger partial charge < -0.3 is 15.6 Å². The minimum Gasteiger partial charge on any atom is -0.369 e. The van der Waals surface area contributed by atoms with Gasteiger partial charge in [0.15, 0.2) is 0 Å². The number of nitrogens with one attached hydrogen (secondary N) is 1. The van der Waals surface area contributed by atoms with Gasteiger partial charge in [0, 0.05) is 28.8 Å². The van der Waals surface area contributed by atoms with Gasteiger partial charge in [0.25, 0.3) is 5.92 Å². The normalized spacial score (nSPS) is 15.0. The van der Waals surface area contributed by atoms with Gasteiger partial charge in [0.2, 0.25) is 11.8 Å². The molecule has 0 radical (unpaired) electrons. The zero-order chi connectivity index (χ0) is 23.4. The van der Waals surface area contributed by atoms with Crippen LogP contribution in [0.2, 0.25) is 0 Å². The minimum atomic E-state index is -3.40. The molecule has 0 unspecified atom stereocenters. The highest BCUT2D eigenvalue weighted by Gasteiger charge is 2.44. The maximum absolute atomic E-state index is 15.5. The van der Waals surface area contributed by atoms with Crippen LogP contribution in [0, 0.1) is 19.7 Å². The maximum Gasteiger partial charge on any atom is 0.291 e. The third kappa shape index (κ3) is 3.36. The number of alkyl halides is 2. The molecule has 0 fully saturated rings. The lowest BCUT2D eigenvalue weighted by atomic mass is 9.85. The monoisotopic (exact) mass is 441 g/mol. The fourth-order valence-corrected chi connectivity index (χ4v) is 4.52. The summed E-state index contributed by atoms with van der Waals surface area (Å²) in [6, 6.07) is 5.72. The average Bonchev–Trinajstić information content (AvgIpc) is 3.01. The smallest absolute Gasteiger partial charge is 0.291 e. The van der Waals surface area contributed by atoms with E-state index in [4.69, 9.17) is 5.73 Å². The molecule has 0 bridgehead atoms. The van der Waals surface area contributed by atoms with Crippen molar-refractivity contribution in [3.63, 3.8) is 0 Å². The summed E-state index contributed by atoms with van der Waals surface area (Å²) in [6.07, 6.45) is 0.812. The molecule has 1 aromatic heterocycles. The number of aryl methyl sites for hydroxylation is 2. The molecule has 2 heterocycles. The number of hydrogen-bond donors (Lipinski definition) is 2. The van der Waals surface area contributed by atoms with E-state index in [0.717, 1.165) is 16.7 Å². The third-order valence-corrected chi connectivity index (χ3v) is 6.00. The summed E-state index contributed by atoms with van der Waals surface area (Å²) in [5.41, 5.74) is 7.66. The summed E-state index contributed by atoms with van der Waals surface area (Å²) in [4.78, 5) is 27.7. The SMILES string of the molecule is C=CC(=O)N1Cc2cccc(-c3c(F)cc(CC(N)=O)c4[nH]c(C)c(C)c34)c2C(F)(F)C1. The van der Waals surface area contributed by atoms with E-state index in [2.05, 4.69) is 11.6 Å². The van der Waals surface area contributed by atoms with Crippen LogP contribution in [0.3, 0.4) is 0 Å². The Hall–Kier alpha value is -3.55. The van der Waals surface area contributed by atoms with E-state index in [-0.39, 0.29) is 35.2 Å². The number of rotatable bonds is 4. The van der Waals surface area contributed by atoms with Gasteiger partial charge in [-0.25, -0.2) is 4.39 Å². The molecule has 3 aromatic rings. The average molecular weight is 441 g/mol. The molecule has 5 nitrogen and oxygen atoms in total. The predicted octanol–water partition coefficient (Wildman–Crippen LogP) is 4.24. The Labute approximate surface area is 182 Å². The Morgan fingerprint density at radius 2 is 2.03 bits per heavy atom. The molecule has 2 aromatic carbocycles. The van der Waals surface area contributed by atoms with Crippen LogP contribution in [0.5, 0.6) is 0 Å². The second-order valence-corrected chi connectivity index (χ2v) is 8.10. The van der Waals surface area contributed by atoms with Crippen LogP contribution < -0.4 is 5.73 Å². The van der Waals surface area contributed by atoms with Crippen molar-refractivity contribution < 1.29 is 22.8 Å². The van der Waals surface area contributed by atoms with Crippen molar-refractivity contribution >= 4 is 22.7 Å². The van der Waals surface area contributed by atoms with Gasteiger partial charge in [-0.3, -0.25) is 9.59 Å². The fraction of sp³-hybridized carbons (Fsp3) is 0.250. The predicted molar refractivity (Wildman–Crippen MR) is 116 cm³/mol. The Morgan fingerprint density at radius 1 is 1.31 bits per heavy atom. The Morgan fingerprint density at radius 3 is 2.69 bits per heavy atom. The zero-order valence-corrected chi connectivity index (χ0v) is 17.7. The van der Waals surface area contributed by atoms with E-state index in [1.807, 2.05) is 0 Å². The molecule has 1 aliphatic rings. The second kappa shape index (κ2) is 7.55. The summed E-state index contributed by atoms with van der Waals surface area (Å²) >= 11 is 0. The first-order valence-electron chi connectivity index (χ1n) is 10.1. The van der Waals surface area contributed by atoms with Crippen LogP contribution in [-0.2, 0) is 28.5 Å². The number of primary amides is 1. The summed E-state index contributed by atoms with van der Waals surface area (Å²) in [6.45, 7) is 6.08. The van der Waals surface area contributed by atoms with Crippen LogP contribution in [-0.4, -0.2) is 28.2 Å². The molecule has 0 spiro atoms. The van der Waals surface area contributed by atoms with Crippen molar-refractivity contribution in [1.82, 2.24) is 9.88 Å². The van der Waals surface area contributed by atoms with Gasteiger partial charge >= 0.3 is 0 Å². The zero-order valence-electron chi connectivity index (χ0n) is 17.7. The summed E-state index contributed by atoms with van der Waals surface area (Å²) in [7, 11) is 0. The third-order valence-electron chi connectivity index (χ3n) is 6.00. The Balaban J connectivity index is 2.02. The quantitative estimate of drug-likeness (QED) is 0.594. The number of amides is 2. The summed E-state index contributed by atoms with van der Waals surface area (Å²) in [5.74, 6) is -5.34. The molecule has 0 atom stereocenters. The molecule has 166 valence electrons. The van der Waals surface area contributed by atoms with Crippen molar-refractivity contribution in [1.29, 1.82) is 0 Å². The number of carbonyl (C=O) groups is 2. The molecule has 32 heavy (non-hydrogen) atoms. The van der Waals surface area contributed by atoms with Gasteiger partial charge in [-0.1, -0.05) is 24.8 Å². The summed E-state index contributed by atoms with van der Waals surface area (Å²) < 4.78 is 46.2. The molecular weight excluding hydrogens is 419 g/mol. The highest BCUT2D eigenvalue weighted by atomic mass is 19.3. The standard InChI is InChI=1S/C24H22F3N3O2/c1-4-19(32)30-10-14-6-5-7-16(22(14)24(26,27)11-30)21-17(25)8-15(9-18(28)31)23-20(21)12(2)13(3)29-23/h4-8,29H,1,9-11H2,2-3H3,(H2,28,31). The van der Waals surface area contributed by atoms with Crippen LogP contribution in [0.4, 0.5) is 13.2 Å². The molecule has 4 rings (SSSR count). The maximum atomic E-state index is 15.5. The number of aromatic nitrogens is 1. The van der Waals surface area contributed by atoms with Crippen molar-refractivity contribution in [3.05, 3.63) is 70.7 Å².